The third kappa shape index (κ3) is 35.4. The van der Waals surface area contributed by atoms with Crippen molar-refractivity contribution in [1.82, 2.24) is 5.32 Å². The topological polar surface area (TPSA) is 84.9 Å². The molecule has 292 valence electrons. The maximum atomic E-state index is 13.0. The van der Waals surface area contributed by atoms with E-state index in [9.17, 15) is 14.7 Å². The van der Waals surface area contributed by atoms with Gasteiger partial charge in [-0.25, -0.2) is 4.79 Å². The Bertz CT molecular complexity index is 754. The fourth-order valence-electron chi connectivity index (χ4n) is 6.08. The molecule has 0 saturated carbocycles. The summed E-state index contributed by atoms with van der Waals surface area (Å²) in [6.07, 6.45) is 35.2. The van der Waals surface area contributed by atoms with E-state index in [1.807, 2.05) is 20.8 Å². The molecule has 1 unspecified atom stereocenters. The summed E-state index contributed by atoms with van der Waals surface area (Å²) < 4.78 is 11.4. The van der Waals surface area contributed by atoms with Crippen LogP contribution in [0.5, 0.6) is 0 Å². The van der Waals surface area contributed by atoms with E-state index < -0.39 is 22.5 Å². The number of hydrogen-bond acceptors (Lipinski definition) is 6. The van der Waals surface area contributed by atoms with Gasteiger partial charge in [-0.1, -0.05) is 174 Å². The Morgan fingerprint density at radius 3 is 1.35 bits per heavy atom. The molecular formula is C42H83NO5S. The number of ether oxygens (including phenoxy) is 2. The first kappa shape index (κ1) is 48.2. The summed E-state index contributed by atoms with van der Waals surface area (Å²) in [5.74, 6) is -0.361. The van der Waals surface area contributed by atoms with Crippen LogP contribution in [0.15, 0.2) is 0 Å². The van der Waals surface area contributed by atoms with Gasteiger partial charge in [-0.2, -0.15) is 0 Å². The predicted octanol–water partition coefficient (Wildman–Crippen LogP) is 12.2. The lowest BCUT2D eigenvalue weighted by Gasteiger charge is -2.27. The van der Waals surface area contributed by atoms with Gasteiger partial charge in [0.15, 0.2) is 0 Å². The standard InChI is InChI=1S/C42H83NO5S/c1-7-9-11-13-15-17-19-21-23-25-27-29-31-33-35-47-37-42(6,46)49-36-38(40(45)48-41(3,4)5)43-39(44)34-32-30-28-26-24-22-20-18-16-14-12-10-8-2/h38,46H,7-37H2,1-6H3,(H,43,44)/t38-,42?/m0/s1. The van der Waals surface area contributed by atoms with Crippen molar-refractivity contribution >= 4 is 23.6 Å². The highest BCUT2D eigenvalue weighted by Gasteiger charge is 2.30. The number of unbranched alkanes of at least 4 members (excludes halogenated alkanes) is 25. The van der Waals surface area contributed by atoms with Crippen LogP contribution in [0.3, 0.4) is 0 Å². The van der Waals surface area contributed by atoms with Crippen molar-refractivity contribution in [2.45, 2.75) is 238 Å². The number of thioether (sulfide) groups is 1. The van der Waals surface area contributed by atoms with Gasteiger partial charge in [0.05, 0.1) is 6.61 Å². The molecular weight excluding hydrogens is 631 g/mol. The Balaban J connectivity index is 4.14. The molecule has 0 aliphatic carbocycles. The Morgan fingerprint density at radius 2 is 0.959 bits per heavy atom. The minimum atomic E-state index is -1.16. The van der Waals surface area contributed by atoms with Crippen LogP contribution < -0.4 is 5.32 Å². The molecule has 0 rings (SSSR count). The second-order valence-corrected chi connectivity index (χ2v) is 17.3. The van der Waals surface area contributed by atoms with Crippen LogP contribution in [0.4, 0.5) is 0 Å². The zero-order valence-electron chi connectivity index (χ0n) is 33.5. The quantitative estimate of drug-likeness (QED) is 0.0382. The first-order valence-corrected chi connectivity index (χ1v) is 22.0. The van der Waals surface area contributed by atoms with Crippen LogP contribution in [0.25, 0.3) is 0 Å². The molecule has 7 heteroatoms. The number of esters is 1. The molecule has 0 saturated heterocycles. The zero-order chi connectivity index (χ0) is 36.5. The van der Waals surface area contributed by atoms with Crippen LogP contribution in [-0.4, -0.2) is 52.5 Å². The van der Waals surface area contributed by atoms with Crippen LogP contribution in [-0.2, 0) is 19.1 Å². The summed E-state index contributed by atoms with van der Waals surface area (Å²) in [4.78, 5) is 24.6. The van der Waals surface area contributed by atoms with Crippen molar-refractivity contribution in [3.05, 3.63) is 0 Å². The largest absolute Gasteiger partial charge is 0.458 e. The van der Waals surface area contributed by atoms with E-state index in [1.54, 1.807) is 6.92 Å². The molecule has 0 aromatic carbocycles. The normalized spacial score (nSPS) is 13.7. The smallest absolute Gasteiger partial charge is 0.330 e. The first-order chi connectivity index (χ1) is 23.5. The molecule has 0 aromatic heterocycles. The van der Waals surface area contributed by atoms with Crippen molar-refractivity contribution in [2.75, 3.05) is 19.0 Å². The highest BCUT2D eigenvalue weighted by atomic mass is 32.2. The molecule has 0 aromatic rings. The van der Waals surface area contributed by atoms with E-state index >= 15 is 0 Å². The van der Waals surface area contributed by atoms with E-state index in [0.29, 0.717) is 13.0 Å². The number of carbonyl (C=O) groups is 2. The number of aliphatic hydroxyl groups is 1. The SMILES string of the molecule is CCCCCCCCCCCCCCCCOCC(C)(O)SC[C@H](NC(=O)CCCCCCCCCCCCCCC)C(=O)OC(C)(C)C. The Morgan fingerprint density at radius 1 is 0.592 bits per heavy atom. The summed E-state index contributed by atoms with van der Waals surface area (Å²) in [6, 6.07) is -0.809. The zero-order valence-corrected chi connectivity index (χ0v) is 34.3. The van der Waals surface area contributed by atoms with Gasteiger partial charge in [0.2, 0.25) is 5.91 Å². The van der Waals surface area contributed by atoms with E-state index in [2.05, 4.69) is 19.2 Å². The number of hydrogen-bond donors (Lipinski definition) is 2. The minimum Gasteiger partial charge on any atom is -0.458 e. The second kappa shape index (κ2) is 33.1. The van der Waals surface area contributed by atoms with E-state index in [1.165, 1.54) is 153 Å². The lowest BCUT2D eigenvalue weighted by Crippen LogP contribution is -2.46. The van der Waals surface area contributed by atoms with E-state index in [0.717, 1.165) is 32.1 Å². The average molecular weight is 714 g/mol. The first-order valence-electron chi connectivity index (χ1n) is 21.0. The molecule has 49 heavy (non-hydrogen) atoms. The number of nitrogens with one attached hydrogen (secondary N) is 1. The lowest BCUT2D eigenvalue weighted by atomic mass is 10.0. The third-order valence-electron chi connectivity index (χ3n) is 9.11. The molecule has 1 amide bonds. The molecule has 2 N–H and O–H groups in total. The average Bonchev–Trinajstić information content (AvgIpc) is 3.04. The fourth-order valence-corrected chi connectivity index (χ4v) is 6.99. The third-order valence-corrected chi connectivity index (χ3v) is 10.3. The van der Waals surface area contributed by atoms with Crippen molar-refractivity contribution in [2.24, 2.45) is 0 Å². The summed E-state index contributed by atoms with van der Waals surface area (Å²) in [5, 5.41) is 13.8. The van der Waals surface area contributed by atoms with E-state index in [-0.39, 0.29) is 18.3 Å². The maximum Gasteiger partial charge on any atom is 0.330 e. The van der Waals surface area contributed by atoms with Gasteiger partial charge in [-0.05, 0) is 40.5 Å². The van der Waals surface area contributed by atoms with Crippen LogP contribution >= 0.6 is 11.8 Å². The number of carbonyl (C=O) groups excluding carboxylic acids is 2. The lowest BCUT2D eigenvalue weighted by molar-refractivity contribution is -0.157. The van der Waals surface area contributed by atoms with Crippen LogP contribution in [0, 0.1) is 0 Å². The fraction of sp³-hybridized carbons (Fsp3) is 0.952. The van der Waals surface area contributed by atoms with Gasteiger partial charge in [-0.15, -0.1) is 11.8 Å². The van der Waals surface area contributed by atoms with Gasteiger partial charge in [0, 0.05) is 18.8 Å². The second-order valence-electron chi connectivity index (χ2n) is 15.8. The summed E-state index contributed by atoms with van der Waals surface area (Å²) in [6.45, 7) is 12.5. The Labute approximate surface area is 309 Å². The Hall–Kier alpha value is -0.790. The molecule has 2 atom stereocenters. The molecule has 6 nitrogen and oxygen atoms in total. The van der Waals surface area contributed by atoms with Crippen molar-refractivity contribution in [3.8, 4) is 0 Å². The summed E-state index contributed by atoms with van der Waals surface area (Å²) in [7, 11) is 0. The highest BCUT2D eigenvalue weighted by molar-refractivity contribution is 8.00. The highest BCUT2D eigenvalue weighted by Crippen LogP contribution is 2.24. The molecule has 0 fully saturated rings. The predicted molar refractivity (Wildman–Crippen MR) is 212 cm³/mol. The van der Waals surface area contributed by atoms with Crippen molar-refractivity contribution < 1.29 is 24.2 Å². The Kier molecular flexibility index (Phi) is 32.5. The maximum absolute atomic E-state index is 13.0. The van der Waals surface area contributed by atoms with Gasteiger partial charge in [0.1, 0.15) is 16.6 Å². The molecule has 0 aliphatic rings. The molecule has 0 aliphatic heterocycles. The van der Waals surface area contributed by atoms with Crippen molar-refractivity contribution in [1.29, 1.82) is 0 Å². The van der Waals surface area contributed by atoms with Crippen molar-refractivity contribution in [3.63, 3.8) is 0 Å². The van der Waals surface area contributed by atoms with E-state index in [4.69, 9.17) is 9.47 Å². The number of rotatable bonds is 36. The van der Waals surface area contributed by atoms with Crippen LogP contribution in [0.1, 0.15) is 221 Å². The molecule has 0 heterocycles. The molecule has 0 spiro atoms. The van der Waals surface area contributed by atoms with Gasteiger partial charge in [-0.3, -0.25) is 4.79 Å². The van der Waals surface area contributed by atoms with Crippen LogP contribution in [0.2, 0.25) is 0 Å². The molecule has 0 bridgehead atoms. The summed E-state index contributed by atoms with van der Waals surface area (Å²) >= 11 is 1.23. The summed E-state index contributed by atoms with van der Waals surface area (Å²) in [5.41, 5.74) is -0.654. The monoisotopic (exact) mass is 714 g/mol. The molecule has 0 radical (unpaired) electrons. The van der Waals surface area contributed by atoms with Gasteiger partial charge in [0.25, 0.3) is 0 Å². The van der Waals surface area contributed by atoms with Gasteiger partial charge >= 0.3 is 5.97 Å². The minimum absolute atomic E-state index is 0.131. The van der Waals surface area contributed by atoms with Gasteiger partial charge < -0.3 is 19.9 Å². The number of amides is 1.